The quantitative estimate of drug-likeness (QED) is 0.829. The lowest BCUT2D eigenvalue weighted by molar-refractivity contribution is -0.121. The Balaban J connectivity index is 1.60. The summed E-state index contributed by atoms with van der Waals surface area (Å²) in [5, 5.41) is 4.76. The number of aryl methyl sites for hydroxylation is 1. The largest absolute Gasteiger partial charge is 0.350 e. The Bertz CT molecular complexity index is 832. The van der Waals surface area contributed by atoms with Gasteiger partial charge in [0.15, 0.2) is 0 Å². The first-order valence-corrected chi connectivity index (χ1v) is 10.5. The molecule has 1 fully saturated rings. The topological polar surface area (TPSA) is 54.3 Å². The molecule has 1 N–H and O–H groups in total. The number of carbonyl (C=O) groups is 1. The number of thiazole rings is 1. The van der Waals surface area contributed by atoms with Crippen molar-refractivity contribution in [2.45, 2.75) is 46.8 Å². The molecule has 2 unspecified atom stereocenters. The summed E-state index contributed by atoms with van der Waals surface area (Å²) < 4.78 is 1.52. The number of piperidine rings is 1. The lowest BCUT2D eigenvalue weighted by atomic mass is 9.91. The number of rotatable bonds is 6. The summed E-state index contributed by atoms with van der Waals surface area (Å²) in [4.78, 5) is 26.5. The smallest absolute Gasteiger partial charge is 0.307 e. The van der Waals surface area contributed by atoms with Gasteiger partial charge in [-0.25, -0.2) is 0 Å². The van der Waals surface area contributed by atoms with Gasteiger partial charge in [-0.1, -0.05) is 49.4 Å². The first-order chi connectivity index (χ1) is 12.9. The maximum absolute atomic E-state index is 12.3. The summed E-state index contributed by atoms with van der Waals surface area (Å²) in [6.45, 7) is 10.2. The molecule has 1 aliphatic rings. The van der Waals surface area contributed by atoms with Crippen LogP contribution >= 0.6 is 11.3 Å². The zero-order valence-corrected chi connectivity index (χ0v) is 17.2. The lowest BCUT2D eigenvalue weighted by Gasteiger charge is -2.35. The Hall–Kier alpha value is -1.92. The minimum Gasteiger partial charge on any atom is -0.350 e. The third-order valence-electron chi connectivity index (χ3n) is 5.21. The Labute approximate surface area is 165 Å². The van der Waals surface area contributed by atoms with E-state index in [1.165, 1.54) is 16.6 Å². The molecule has 1 aromatic carbocycles. The fourth-order valence-electron chi connectivity index (χ4n) is 4.04. The van der Waals surface area contributed by atoms with Crippen LogP contribution in [0.5, 0.6) is 0 Å². The first-order valence-electron chi connectivity index (χ1n) is 9.63. The maximum Gasteiger partial charge on any atom is 0.307 e. The van der Waals surface area contributed by atoms with Gasteiger partial charge in [0.2, 0.25) is 5.91 Å². The highest BCUT2D eigenvalue weighted by Crippen LogP contribution is 2.23. The predicted octanol–water partition coefficient (Wildman–Crippen LogP) is 3.01. The third kappa shape index (κ3) is 5.30. The van der Waals surface area contributed by atoms with E-state index in [1.807, 2.05) is 13.0 Å². The molecule has 146 valence electrons. The van der Waals surface area contributed by atoms with Crippen LogP contribution in [-0.2, 0) is 24.4 Å². The van der Waals surface area contributed by atoms with E-state index in [0.29, 0.717) is 6.54 Å². The molecule has 2 aromatic rings. The molecular weight excluding hydrogens is 358 g/mol. The van der Waals surface area contributed by atoms with E-state index in [2.05, 4.69) is 42.3 Å². The van der Waals surface area contributed by atoms with E-state index in [1.54, 1.807) is 5.38 Å². The number of aromatic nitrogens is 1. The van der Waals surface area contributed by atoms with Crippen LogP contribution in [0.4, 0.5) is 0 Å². The minimum absolute atomic E-state index is 0.0808. The van der Waals surface area contributed by atoms with Gasteiger partial charge >= 0.3 is 4.87 Å². The Morgan fingerprint density at radius 3 is 2.48 bits per heavy atom. The highest BCUT2D eigenvalue weighted by molar-refractivity contribution is 7.07. The van der Waals surface area contributed by atoms with Crippen molar-refractivity contribution in [1.82, 2.24) is 14.8 Å². The number of nitrogens with one attached hydrogen (secondary N) is 1. The molecular formula is C21H29N3O2S. The van der Waals surface area contributed by atoms with Crippen LogP contribution in [-0.4, -0.2) is 28.5 Å². The third-order valence-corrected chi connectivity index (χ3v) is 6.09. The van der Waals surface area contributed by atoms with Crippen molar-refractivity contribution in [1.29, 1.82) is 0 Å². The van der Waals surface area contributed by atoms with Gasteiger partial charge in [-0.2, -0.15) is 0 Å². The van der Waals surface area contributed by atoms with E-state index >= 15 is 0 Å². The summed E-state index contributed by atoms with van der Waals surface area (Å²) >= 11 is 1.13. The zero-order chi connectivity index (χ0) is 19.4. The van der Waals surface area contributed by atoms with Gasteiger partial charge in [-0.3, -0.25) is 19.1 Å². The number of amides is 1. The summed E-state index contributed by atoms with van der Waals surface area (Å²) in [6.07, 6.45) is 1.30. The lowest BCUT2D eigenvalue weighted by Crippen LogP contribution is -2.38. The Kier molecular flexibility index (Phi) is 6.50. The van der Waals surface area contributed by atoms with Crippen LogP contribution in [0.3, 0.4) is 0 Å². The minimum atomic E-state index is -0.131. The molecule has 2 atom stereocenters. The summed E-state index contributed by atoms with van der Waals surface area (Å²) in [5.74, 6) is 1.33. The molecule has 3 rings (SSSR count). The van der Waals surface area contributed by atoms with Crippen molar-refractivity contribution in [2.24, 2.45) is 11.8 Å². The van der Waals surface area contributed by atoms with Crippen molar-refractivity contribution >= 4 is 17.2 Å². The number of hydrogen-bond acceptors (Lipinski definition) is 4. The standard InChI is InChI=1S/C21H29N3O2S/c1-15-8-16(2)11-23(10-15)12-19-7-5-4-6-18(19)9-22-20(25)13-24-17(3)14-27-21(24)26/h4-7,14-16H,8-13H2,1-3H3,(H,22,25). The van der Waals surface area contributed by atoms with Gasteiger partial charge in [0.05, 0.1) is 0 Å². The van der Waals surface area contributed by atoms with E-state index in [4.69, 9.17) is 0 Å². The molecule has 5 nitrogen and oxygen atoms in total. The molecule has 2 heterocycles. The summed E-state index contributed by atoms with van der Waals surface area (Å²) in [7, 11) is 0. The highest BCUT2D eigenvalue weighted by atomic mass is 32.1. The number of likely N-dealkylation sites (tertiary alicyclic amines) is 1. The average molecular weight is 388 g/mol. The number of nitrogens with zero attached hydrogens (tertiary/aromatic N) is 2. The van der Waals surface area contributed by atoms with Gasteiger partial charge < -0.3 is 5.32 Å². The second-order valence-corrected chi connectivity index (χ2v) is 8.74. The van der Waals surface area contributed by atoms with Gasteiger partial charge in [0.25, 0.3) is 0 Å². The molecule has 6 heteroatoms. The van der Waals surface area contributed by atoms with Crippen LogP contribution in [0.25, 0.3) is 0 Å². The van der Waals surface area contributed by atoms with Crippen molar-refractivity contribution in [3.8, 4) is 0 Å². The number of hydrogen-bond donors (Lipinski definition) is 1. The molecule has 1 amide bonds. The summed E-state index contributed by atoms with van der Waals surface area (Å²) in [5.41, 5.74) is 3.24. The van der Waals surface area contributed by atoms with Crippen LogP contribution in [0.15, 0.2) is 34.4 Å². The molecule has 1 aromatic heterocycles. The molecule has 0 spiro atoms. The molecule has 1 aliphatic heterocycles. The second-order valence-electron chi connectivity index (χ2n) is 7.91. The molecule has 0 saturated carbocycles. The van der Waals surface area contributed by atoms with E-state index in [-0.39, 0.29) is 17.3 Å². The molecule has 0 radical (unpaired) electrons. The van der Waals surface area contributed by atoms with E-state index < -0.39 is 0 Å². The van der Waals surface area contributed by atoms with Crippen molar-refractivity contribution < 1.29 is 4.79 Å². The van der Waals surface area contributed by atoms with Gasteiger partial charge in [-0.15, -0.1) is 0 Å². The van der Waals surface area contributed by atoms with Crippen LogP contribution in [0.2, 0.25) is 0 Å². The first kappa shape index (κ1) is 19.8. The van der Waals surface area contributed by atoms with Crippen molar-refractivity contribution in [2.75, 3.05) is 13.1 Å². The molecule has 1 saturated heterocycles. The fraction of sp³-hybridized carbons (Fsp3) is 0.524. The fourth-order valence-corrected chi connectivity index (χ4v) is 4.77. The molecule has 27 heavy (non-hydrogen) atoms. The van der Waals surface area contributed by atoms with Gasteiger partial charge in [-0.05, 0) is 36.3 Å². The highest BCUT2D eigenvalue weighted by Gasteiger charge is 2.22. The van der Waals surface area contributed by atoms with E-state index in [9.17, 15) is 9.59 Å². The van der Waals surface area contributed by atoms with Gasteiger partial charge in [0, 0.05) is 37.3 Å². The number of carbonyl (C=O) groups excluding carboxylic acids is 1. The zero-order valence-electron chi connectivity index (χ0n) is 16.4. The SMILES string of the molecule is Cc1csc(=O)n1CC(=O)NCc1ccccc1CN1CC(C)CC(C)C1. The monoisotopic (exact) mass is 387 g/mol. The van der Waals surface area contributed by atoms with Crippen LogP contribution in [0.1, 0.15) is 37.1 Å². The molecule has 0 aliphatic carbocycles. The van der Waals surface area contributed by atoms with Crippen LogP contribution < -0.4 is 10.2 Å². The van der Waals surface area contributed by atoms with Gasteiger partial charge in [0.1, 0.15) is 6.54 Å². The second kappa shape index (κ2) is 8.85. The normalized spacial score (nSPS) is 20.6. The Morgan fingerprint density at radius 2 is 1.85 bits per heavy atom. The van der Waals surface area contributed by atoms with Crippen molar-refractivity contribution in [3.05, 3.63) is 56.1 Å². The number of benzene rings is 1. The Morgan fingerprint density at radius 1 is 1.19 bits per heavy atom. The average Bonchev–Trinajstić information content (AvgIpc) is 2.92. The van der Waals surface area contributed by atoms with Crippen LogP contribution in [0, 0.1) is 18.8 Å². The molecule has 0 bridgehead atoms. The maximum atomic E-state index is 12.3. The van der Waals surface area contributed by atoms with Crippen molar-refractivity contribution in [3.63, 3.8) is 0 Å². The predicted molar refractivity (Wildman–Crippen MR) is 110 cm³/mol. The van der Waals surface area contributed by atoms with E-state index in [0.717, 1.165) is 54.1 Å². The summed E-state index contributed by atoms with van der Waals surface area (Å²) in [6, 6.07) is 8.30.